The van der Waals surface area contributed by atoms with Crippen LogP contribution in [-0.4, -0.2) is 9.97 Å². The number of fused-ring (bicyclic) bond motifs is 11. The van der Waals surface area contributed by atoms with Crippen LogP contribution in [0.5, 0.6) is 0 Å². The lowest BCUT2D eigenvalue weighted by Crippen LogP contribution is -2.14. The Morgan fingerprint density at radius 3 is 1.48 bits per heavy atom. The fourth-order valence-electron chi connectivity index (χ4n) is 9.70. The first-order valence-corrected chi connectivity index (χ1v) is 19.0. The first-order chi connectivity index (χ1) is 26.3. The van der Waals surface area contributed by atoms with Gasteiger partial charge in [-0.2, -0.15) is 0 Å². The van der Waals surface area contributed by atoms with Gasteiger partial charge in [0.15, 0.2) is 0 Å². The summed E-state index contributed by atoms with van der Waals surface area (Å²) in [6.45, 7) is 9.41. The normalized spacial score (nSPS) is 14.6. The Hall–Kier alpha value is -6.38. The molecule has 0 saturated heterocycles. The first kappa shape index (κ1) is 31.2. The smallest absolute Gasteiger partial charge is 0.0795 e. The molecule has 9 aromatic rings. The molecule has 2 nitrogen and oxygen atoms in total. The van der Waals surface area contributed by atoms with Crippen LogP contribution in [0.25, 0.3) is 88.3 Å². The van der Waals surface area contributed by atoms with E-state index in [9.17, 15) is 0 Å². The van der Waals surface area contributed by atoms with Gasteiger partial charge < -0.3 is 0 Å². The van der Waals surface area contributed by atoms with Crippen molar-refractivity contribution in [1.29, 1.82) is 0 Å². The quantitative estimate of drug-likeness (QED) is 0.172. The van der Waals surface area contributed by atoms with E-state index in [0.29, 0.717) is 0 Å². The van der Waals surface area contributed by atoms with Gasteiger partial charge in [0, 0.05) is 44.1 Å². The molecule has 0 bridgehead atoms. The molecule has 0 N–H and O–H groups in total. The summed E-state index contributed by atoms with van der Waals surface area (Å²) in [6.07, 6.45) is 1.93. The van der Waals surface area contributed by atoms with Crippen molar-refractivity contribution >= 4 is 32.6 Å². The molecule has 54 heavy (non-hydrogen) atoms. The number of rotatable bonds is 3. The molecular formula is C52H38N2. The summed E-state index contributed by atoms with van der Waals surface area (Å²) in [4.78, 5) is 10.6. The summed E-state index contributed by atoms with van der Waals surface area (Å²) in [7, 11) is 0. The second-order valence-corrected chi connectivity index (χ2v) is 16.2. The van der Waals surface area contributed by atoms with E-state index in [0.717, 1.165) is 43.8 Å². The fraction of sp³-hybridized carbons (Fsp3) is 0.115. The molecule has 2 heterocycles. The molecule has 11 rings (SSSR count). The van der Waals surface area contributed by atoms with Gasteiger partial charge in [0.1, 0.15) is 0 Å². The highest BCUT2D eigenvalue weighted by molar-refractivity contribution is 6.22. The van der Waals surface area contributed by atoms with E-state index in [4.69, 9.17) is 9.97 Å². The molecular weight excluding hydrogens is 653 g/mol. The molecule has 0 amide bonds. The molecule has 0 unspecified atom stereocenters. The molecule has 0 spiro atoms. The zero-order valence-corrected chi connectivity index (χ0v) is 30.9. The summed E-state index contributed by atoms with van der Waals surface area (Å²) in [5, 5.41) is 4.52. The minimum Gasteiger partial charge on any atom is -0.256 e. The van der Waals surface area contributed by atoms with Crippen molar-refractivity contribution in [2.24, 2.45) is 0 Å². The van der Waals surface area contributed by atoms with Gasteiger partial charge in [0.25, 0.3) is 0 Å². The van der Waals surface area contributed by atoms with Gasteiger partial charge in [0.2, 0.25) is 0 Å². The van der Waals surface area contributed by atoms with Crippen LogP contribution in [0.15, 0.2) is 158 Å². The Labute approximate surface area is 315 Å². The van der Waals surface area contributed by atoms with Crippen molar-refractivity contribution in [3.8, 4) is 55.8 Å². The monoisotopic (exact) mass is 690 g/mol. The molecule has 7 aromatic carbocycles. The van der Waals surface area contributed by atoms with Gasteiger partial charge >= 0.3 is 0 Å². The van der Waals surface area contributed by atoms with E-state index in [1.54, 1.807) is 0 Å². The molecule has 256 valence electrons. The van der Waals surface area contributed by atoms with Gasteiger partial charge in [-0.05, 0) is 109 Å². The minimum atomic E-state index is -0.0950. The van der Waals surface area contributed by atoms with Crippen molar-refractivity contribution in [3.05, 3.63) is 180 Å². The van der Waals surface area contributed by atoms with Crippen LogP contribution in [0.1, 0.15) is 49.9 Å². The number of nitrogens with zero attached hydrogens (tertiary/aromatic N) is 2. The second kappa shape index (κ2) is 11.1. The lowest BCUT2D eigenvalue weighted by atomic mass is 9.81. The maximum atomic E-state index is 5.52. The van der Waals surface area contributed by atoms with E-state index in [-0.39, 0.29) is 10.8 Å². The lowest BCUT2D eigenvalue weighted by Gasteiger charge is -2.23. The molecule has 0 radical (unpaired) electrons. The van der Waals surface area contributed by atoms with Crippen LogP contribution >= 0.6 is 0 Å². The number of hydrogen-bond donors (Lipinski definition) is 0. The number of benzene rings is 7. The van der Waals surface area contributed by atoms with Crippen LogP contribution < -0.4 is 0 Å². The molecule has 2 heteroatoms. The Balaban J connectivity index is 1.19. The van der Waals surface area contributed by atoms with Crippen LogP contribution in [-0.2, 0) is 10.8 Å². The first-order valence-electron chi connectivity index (χ1n) is 19.0. The highest BCUT2D eigenvalue weighted by atomic mass is 14.7. The van der Waals surface area contributed by atoms with Gasteiger partial charge in [-0.1, -0.05) is 137 Å². The van der Waals surface area contributed by atoms with Crippen molar-refractivity contribution < 1.29 is 0 Å². The lowest BCUT2D eigenvalue weighted by molar-refractivity contribution is 0.660. The van der Waals surface area contributed by atoms with Crippen LogP contribution in [0.4, 0.5) is 0 Å². The number of pyridine rings is 2. The third-order valence-corrected chi connectivity index (χ3v) is 12.5. The summed E-state index contributed by atoms with van der Waals surface area (Å²) < 4.78 is 0. The highest BCUT2D eigenvalue weighted by Crippen LogP contribution is 2.52. The van der Waals surface area contributed by atoms with Crippen molar-refractivity contribution in [1.82, 2.24) is 9.97 Å². The predicted octanol–water partition coefficient (Wildman–Crippen LogP) is 13.5. The summed E-state index contributed by atoms with van der Waals surface area (Å²) in [5.74, 6) is 0. The van der Waals surface area contributed by atoms with Crippen LogP contribution in [0.2, 0.25) is 0 Å². The van der Waals surface area contributed by atoms with Crippen LogP contribution in [0, 0.1) is 0 Å². The Bertz CT molecular complexity index is 3040. The Morgan fingerprint density at radius 1 is 0.352 bits per heavy atom. The summed E-state index contributed by atoms with van der Waals surface area (Å²) in [6, 6.07) is 55.9. The standard InChI is InChI=1S/C52H38N2/c1-51(2)44-18-10-8-15-34(44)36-22-20-32(27-46(36)51)40-30-43-42(49-38(40)17-12-26-53-49)29-41(39-24-25-48(54-50(39)43)31-13-6-5-7-14-31)33-21-23-37-35-16-9-11-19-45(35)52(3,4)47(37)28-33/h5-30H,1-4H3. The van der Waals surface area contributed by atoms with Gasteiger partial charge in [0.05, 0.1) is 16.7 Å². The molecule has 0 aliphatic heterocycles. The maximum absolute atomic E-state index is 5.52. The average Bonchev–Trinajstić information content (AvgIpc) is 3.59. The third kappa shape index (κ3) is 4.28. The van der Waals surface area contributed by atoms with Gasteiger partial charge in [-0.25, -0.2) is 4.98 Å². The highest BCUT2D eigenvalue weighted by Gasteiger charge is 2.36. The average molecular weight is 691 g/mol. The largest absolute Gasteiger partial charge is 0.256 e. The van der Waals surface area contributed by atoms with E-state index < -0.39 is 0 Å². The molecule has 2 aromatic heterocycles. The summed E-state index contributed by atoms with van der Waals surface area (Å²) in [5.41, 5.74) is 19.5. The number of hydrogen-bond acceptors (Lipinski definition) is 2. The Kier molecular flexibility index (Phi) is 6.39. The molecule has 2 aliphatic carbocycles. The minimum absolute atomic E-state index is 0.0909. The predicted molar refractivity (Wildman–Crippen MR) is 226 cm³/mol. The molecule has 0 saturated carbocycles. The zero-order chi connectivity index (χ0) is 36.3. The van der Waals surface area contributed by atoms with Crippen molar-refractivity contribution in [2.45, 2.75) is 38.5 Å². The third-order valence-electron chi connectivity index (χ3n) is 12.5. The zero-order valence-electron chi connectivity index (χ0n) is 30.9. The topological polar surface area (TPSA) is 25.8 Å². The van der Waals surface area contributed by atoms with Gasteiger partial charge in [-0.15, -0.1) is 0 Å². The van der Waals surface area contributed by atoms with E-state index in [2.05, 4.69) is 179 Å². The molecule has 0 fully saturated rings. The van der Waals surface area contributed by atoms with Crippen molar-refractivity contribution in [2.75, 3.05) is 0 Å². The van der Waals surface area contributed by atoms with Gasteiger partial charge in [-0.3, -0.25) is 4.98 Å². The van der Waals surface area contributed by atoms with E-state index in [1.165, 1.54) is 66.8 Å². The van der Waals surface area contributed by atoms with Crippen molar-refractivity contribution in [3.63, 3.8) is 0 Å². The SMILES string of the molecule is CC1(C)c2ccccc2-c2ccc(-c3cc4c(cc(-c5ccc6c(c5)C(C)(C)c5ccccc5-6)c5ccc(-c6ccccc6)nc54)c4ncccc34)cc21. The molecule has 2 aliphatic rings. The van der Waals surface area contributed by atoms with E-state index in [1.807, 2.05) is 6.20 Å². The number of aromatic nitrogens is 2. The second-order valence-electron chi connectivity index (χ2n) is 16.2. The molecule has 0 atom stereocenters. The maximum Gasteiger partial charge on any atom is 0.0795 e. The van der Waals surface area contributed by atoms with Crippen LogP contribution in [0.3, 0.4) is 0 Å². The summed E-state index contributed by atoms with van der Waals surface area (Å²) >= 11 is 0. The van der Waals surface area contributed by atoms with E-state index >= 15 is 0 Å². The fourth-order valence-corrected chi connectivity index (χ4v) is 9.70. The Morgan fingerprint density at radius 2 is 0.870 bits per heavy atom.